The largest absolute Gasteiger partial charge is 0.393 e. The number of halogens is 3. The van der Waals surface area contributed by atoms with Crippen molar-refractivity contribution < 1.29 is 18.3 Å². The van der Waals surface area contributed by atoms with Crippen LogP contribution in [0, 0.1) is 5.92 Å². The van der Waals surface area contributed by atoms with E-state index in [9.17, 15) is 23.1 Å². The summed E-state index contributed by atoms with van der Waals surface area (Å²) in [4.78, 5) is 15.1. The van der Waals surface area contributed by atoms with E-state index in [4.69, 9.17) is 0 Å². The second-order valence-corrected chi connectivity index (χ2v) is 4.50. The molecule has 7 heteroatoms. The molecule has 100 valence electrons. The first-order valence-electron chi connectivity index (χ1n) is 5.66. The fourth-order valence-electron chi connectivity index (χ4n) is 2.45. The molecule has 0 radical (unpaired) electrons. The summed E-state index contributed by atoms with van der Waals surface area (Å²) in [5.41, 5.74) is -0.578. The summed E-state index contributed by atoms with van der Waals surface area (Å²) >= 11 is 0. The molecule has 4 nitrogen and oxygen atoms in total. The van der Waals surface area contributed by atoms with Gasteiger partial charge in [0.2, 0.25) is 0 Å². The molecule has 18 heavy (non-hydrogen) atoms. The van der Waals surface area contributed by atoms with Crippen molar-refractivity contribution in [3.05, 3.63) is 28.9 Å². The Bertz CT molecular complexity index is 472. The third-order valence-electron chi connectivity index (χ3n) is 3.32. The monoisotopic (exact) mass is 262 g/mol. The van der Waals surface area contributed by atoms with Gasteiger partial charge in [0, 0.05) is 12.4 Å². The molecule has 1 heterocycles. The Hall–Kier alpha value is -1.37. The highest BCUT2D eigenvalue weighted by molar-refractivity contribution is 4.93. The topological polar surface area (TPSA) is 55.1 Å². The van der Waals surface area contributed by atoms with E-state index in [1.54, 1.807) is 0 Å². The van der Waals surface area contributed by atoms with Gasteiger partial charge in [-0.25, -0.2) is 0 Å². The Labute approximate surface area is 101 Å². The van der Waals surface area contributed by atoms with E-state index < -0.39 is 29.8 Å². The van der Waals surface area contributed by atoms with Crippen molar-refractivity contribution in [2.24, 2.45) is 5.92 Å². The lowest BCUT2D eigenvalue weighted by Crippen LogP contribution is -2.41. The molecular formula is C11H13F3N2O2. The van der Waals surface area contributed by atoms with Crippen LogP contribution in [0.5, 0.6) is 0 Å². The average molecular weight is 262 g/mol. The molecule has 0 saturated heterocycles. The highest BCUT2D eigenvalue weighted by Crippen LogP contribution is 2.43. The van der Waals surface area contributed by atoms with E-state index in [1.807, 2.05) is 0 Å². The number of aromatic nitrogens is 2. The summed E-state index contributed by atoms with van der Waals surface area (Å²) in [7, 11) is 0. The molecule has 0 bridgehead atoms. The van der Waals surface area contributed by atoms with Gasteiger partial charge in [-0.2, -0.15) is 13.2 Å². The molecule has 2 rings (SSSR count). The van der Waals surface area contributed by atoms with E-state index in [0.29, 0.717) is 0 Å². The first kappa shape index (κ1) is 13.1. The van der Waals surface area contributed by atoms with Crippen molar-refractivity contribution in [3.63, 3.8) is 0 Å². The zero-order valence-corrected chi connectivity index (χ0v) is 9.47. The summed E-state index contributed by atoms with van der Waals surface area (Å²) in [6.45, 7) is 0. The van der Waals surface area contributed by atoms with Crippen molar-refractivity contribution in [3.8, 4) is 0 Å². The maximum Gasteiger partial charge on any atom is 0.393 e. The fraction of sp³-hybridized carbons (Fsp3) is 0.636. The van der Waals surface area contributed by atoms with Crippen LogP contribution in [-0.4, -0.2) is 26.9 Å². The summed E-state index contributed by atoms with van der Waals surface area (Å²) in [5, 5.41) is 9.52. The predicted octanol–water partition coefficient (Wildman–Crippen LogP) is 1.51. The number of aliphatic hydroxyl groups is 1. The van der Waals surface area contributed by atoms with Crippen molar-refractivity contribution in [2.75, 3.05) is 0 Å². The SMILES string of the molecule is O=c1cnccn1C1CC(O)CCC1C(F)(F)F. The van der Waals surface area contributed by atoms with E-state index >= 15 is 0 Å². The number of hydrogen-bond acceptors (Lipinski definition) is 3. The molecule has 3 atom stereocenters. The molecule has 1 aromatic rings. The standard InChI is InChI=1S/C11H13F3N2O2/c12-11(13,14)8-2-1-7(17)5-9(8)16-4-3-15-6-10(16)18/h3-4,6-9,17H,1-2,5H2. The second kappa shape index (κ2) is 4.72. The van der Waals surface area contributed by atoms with E-state index in [-0.39, 0.29) is 19.3 Å². The van der Waals surface area contributed by atoms with Crippen LogP contribution in [0.4, 0.5) is 13.2 Å². The normalized spacial score (nSPS) is 29.2. The Morgan fingerprint density at radius 2 is 2.11 bits per heavy atom. The molecule has 3 unspecified atom stereocenters. The van der Waals surface area contributed by atoms with E-state index in [0.717, 1.165) is 10.8 Å². The fourth-order valence-corrected chi connectivity index (χ4v) is 2.45. The van der Waals surface area contributed by atoms with Gasteiger partial charge >= 0.3 is 6.18 Å². The minimum atomic E-state index is -4.37. The maximum absolute atomic E-state index is 12.9. The summed E-state index contributed by atoms with van der Waals surface area (Å²) in [6.07, 6.45) is -1.78. The summed E-state index contributed by atoms with van der Waals surface area (Å²) in [6, 6.07) is -1.05. The summed E-state index contributed by atoms with van der Waals surface area (Å²) < 4.78 is 39.8. The van der Waals surface area contributed by atoms with Gasteiger partial charge in [-0.05, 0) is 19.3 Å². The molecule has 0 amide bonds. The number of aliphatic hydroxyl groups excluding tert-OH is 1. The number of alkyl halides is 3. The first-order valence-corrected chi connectivity index (χ1v) is 5.66. The van der Waals surface area contributed by atoms with Gasteiger partial charge in [-0.1, -0.05) is 0 Å². The number of hydrogen-bond donors (Lipinski definition) is 1. The smallest absolute Gasteiger partial charge is 0.393 e. The molecule has 1 fully saturated rings. The quantitative estimate of drug-likeness (QED) is 0.834. The summed E-state index contributed by atoms with van der Waals surface area (Å²) in [5.74, 6) is -1.60. The third kappa shape index (κ3) is 2.55. The third-order valence-corrected chi connectivity index (χ3v) is 3.32. The highest BCUT2D eigenvalue weighted by Gasteiger charge is 2.48. The minimum absolute atomic E-state index is 0.0614. The van der Waals surface area contributed by atoms with Gasteiger partial charge in [-0.15, -0.1) is 0 Å². The Balaban J connectivity index is 2.37. The molecule has 0 spiro atoms. The van der Waals surface area contributed by atoms with Crippen molar-refractivity contribution in [1.29, 1.82) is 0 Å². The van der Waals surface area contributed by atoms with Gasteiger partial charge in [0.05, 0.1) is 24.3 Å². The Morgan fingerprint density at radius 1 is 1.39 bits per heavy atom. The molecule has 1 aliphatic carbocycles. The Morgan fingerprint density at radius 3 is 2.72 bits per heavy atom. The van der Waals surface area contributed by atoms with Crippen LogP contribution < -0.4 is 5.56 Å². The van der Waals surface area contributed by atoms with Crippen molar-refractivity contribution in [1.82, 2.24) is 9.55 Å². The van der Waals surface area contributed by atoms with Gasteiger partial charge in [0.25, 0.3) is 5.56 Å². The molecule has 0 aliphatic heterocycles. The molecule has 1 N–H and O–H groups in total. The second-order valence-electron chi connectivity index (χ2n) is 4.50. The van der Waals surface area contributed by atoms with Gasteiger partial charge in [0.15, 0.2) is 0 Å². The predicted molar refractivity (Wildman–Crippen MR) is 56.9 cm³/mol. The molecule has 1 saturated carbocycles. The minimum Gasteiger partial charge on any atom is -0.393 e. The number of rotatable bonds is 1. The lowest BCUT2D eigenvalue weighted by molar-refractivity contribution is -0.198. The van der Waals surface area contributed by atoms with E-state index in [1.165, 1.54) is 12.4 Å². The van der Waals surface area contributed by atoms with Crippen LogP contribution in [0.25, 0.3) is 0 Å². The van der Waals surface area contributed by atoms with Gasteiger partial charge in [0.1, 0.15) is 0 Å². The van der Waals surface area contributed by atoms with E-state index in [2.05, 4.69) is 4.98 Å². The van der Waals surface area contributed by atoms with Crippen LogP contribution >= 0.6 is 0 Å². The average Bonchev–Trinajstić information content (AvgIpc) is 2.27. The van der Waals surface area contributed by atoms with Gasteiger partial charge in [-0.3, -0.25) is 9.78 Å². The van der Waals surface area contributed by atoms with Crippen LogP contribution in [0.15, 0.2) is 23.4 Å². The molecule has 1 aliphatic rings. The molecule has 1 aromatic heterocycles. The molecule has 0 aromatic carbocycles. The van der Waals surface area contributed by atoms with Crippen molar-refractivity contribution >= 4 is 0 Å². The zero-order valence-electron chi connectivity index (χ0n) is 9.47. The van der Waals surface area contributed by atoms with Crippen LogP contribution in [-0.2, 0) is 0 Å². The maximum atomic E-state index is 12.9. The first-order chi connectivity index (χ1) is 8.39. The lowest BCUT2D eigenvalue weighted by atomic mass is 9.82. The van der Waals surface area contributed by atoms with Crippen LogP contribution in [0.2, 0.25) is 0 Å². The van der Waals surface area contributed by atoms with Crippen LogP contribution in [0.3, 0.4) is 0 Å². The Kier molecular flexibility index (Phi) is 3.43. The zero-order chi connectivity index (χ0) is 13.3. The van der Waals surface area contributed by atoms with Crippen LogP contribution in [0.1, 0.15) is 25.3 Å². The lowest BCUT2D eigenvalue weighted by Gasteiger charge is -2.36. The number of nitrogens with zero attached hydrogens (tertiary/aromatic N) is 2. The van der Waals surface area contributed by atoms with Gasteiger partial charge < -0.3 is 9.67 Å². The van der Waals surface area contributed by atoms with Crippen molar-refractivity contribution in [2.45, 2.75) is 37.6 Å². The molecular weight excluding hydrogens is 249 g/mol. The highest BCUT2D eigenvalue weighted by atomic mass is 19.4.